The van der Waals surface area contributed by atoms with Crippen molar-refractivity contribution in [3.05, 3.63) is 0 Å². The normalized spacial score (nSPS) is 44.8. The summed E-state index contributed by atoms with van der Waals surface area (Å²) in [7, 11) is -3.57. The zero-order valence-electron chi connectivity index (χ0n) is 11.1. The predicted octanol–water partition coefficient (Wildman–Crippen LogP) is 1.18. The lowest BCUT2D eigenvalue weighted by atomic mass is 9.80. The van der Waals surface area contributed by atoms with E-state index in [1.807, 2.05) is 6.92 Å². The molecule has 20 heavy (non-hydrogen) atoms. The molecule has 2 aliphatic carbocycles. The molecule has 114 valence electrons. The van der Waals surface area contributed by atoms with E-state index in [4.69, 9.17) is 4.18 Å². The second kappa shape index (κ2) is 4.13. The van der Waals surface area contributed by atoms with Crippen molar-refractivity contribution in [1.82, 2.24) is 0 Å². The van der Waals surface area contributed by atoms with E-state index in [2.05, 4.69) is 4.74 Å². The Morgan fingerprint density at radius 1 is 1.40 bits per heavy atom. The first-order valence-electron chi connectivity index (χ1n) is 6.60. The maximum Gasteiger partial charge on any atom is 0.376 e. The Morgan fingerprint density at radius 3 is 2.65 bits per heavy atom. The Hall–Kier alpha value is -0.760. The van der Waals surface area contributed by atoms with Gasteiger partial charge >= 0.3 is 11.9 Å². The topological polar surface area (TPSA) is 69.7 Å². The van der Waals surface area contributed by atoms with Crippen LogP contribution in [0.15, 0.2) is 0 Å². The van der Waals surface area contributed by atoms with Crippen molar-refractivity contribution in [3.8, 4) is 0 Å². The van der Waals surface area contributed by atoms with E-state index in [0.717, 1.165) is 0 Å². The smallest absolute Gasteiger partial charge is 0.376 e. The minimum atomic E-state index is -3.57. The third kappa shape index (κ3) is 1.88. The molecule has 1 heterocycles. The van der Waals surface area contributed by atoms with E-state index in [9.17, 15) is 22.0 Å². The number of carbonyl (C=O) groups excluding carboxylic acids is 1. The van der Waals surface area contributed by atoms with Crippen molar-refractivity contribution in [2.24, 2.45) is 23.7 Å². The Balaban J connectivity index is 1.73. The highest BCUT2D eigenvalue weighted by Crippen LogP contribution is 2.60. The molecule has 3 rings (SSSR count). The monoisotopic (exact) mass is 310 g/mol. The van der Waals surface area contributed by atoms with Crippen LogP contribution in [0.5, 0.6) is 0 Å². The van der Waals surface area contributed by atoms with Gasteiger partial charge in [0.1, 0.15) is 0 Å². The minimum Gasteiger partial charge on any atom is -0.461 e. The average Bonchev–Trinajstić information content (AvgIpc) is 2.85. The molecule has 1 aliphatic heterocycles. The predicted molar refractivity (Wildman–Crippen MR) is 63.4 cm³/mol. The van der Waals surface area contributed by atoms with Gasteiger partial charge in [-0.3, -0.25) is 4.18 Å². The lowest BCUT2D eigenvalue weighted by Gasteiger charge is -2.29. The molecule has 0 aromatic carbocycles. The fourth-order valence-electron chi connectivity index (χ4n) is 4.10. The van der Waals surface area contributed by atoms with Crippen molar-refractivity contribution in [2.45, 2.75) is 37.5 Å². The summed E-state index contributed by atoms with van der Waals surface area (Å²) in [5.74, 6) is -5.56. The van der Waals surface area contributed by atoms with Gasteiger partial charge in [0.05, 0.1) is 18.0 Å². The van der Waals surface area contributed by atoms with Crippen LogP contribution in [-0.4, -0.2) is 38.3 Å². The van der Waals surface area contributed by atoms with Gasteiger partial charge in [0.25, 0.3) is 10.1 Å². The van der Waals surface area contributed by atoms with E-state index in [1.54, 1.807) is 0 Å². The Morgan fingerprint density at radius 2 is 2.05 bits per heavy atom. The number of halogens is 2. The average molecular weight is 310 g/mol. The largest absolute Gasteiger partial charge is 0.461 e. The van der Waals surface area contributed by atoms with Crippen molar-refractivity contribution < 1.29 is 30.9 Å². The molecular formula is C12H16F2O5S. The summed E-state index contributed by atoms with van der Waals surface area (Å²) < 4.78 is 59.1. The molecule has 0 N–H and O–H groups in total. The third-order valence-corrected chi connectivity index (χ3v) is 6.83. The SMILES string of the molecule is CC1C2CC3C(OS(=O)(=O)C13)C2COC(=O)C(C)(F)F. The van der Waals surface area contributed by atoms with Crippen LogP contribution in [0.1, 0.15) is 20.3 Å². The first-order chi connectivity index (χ1) is 9.13. The standard InChI is InChI=1S/C12H16F2O5S/c1-5-6-3-7-9(19-20(16,17)10(5)7)8(6)4-18-11(15)12(2,13)14/h5-10H,3-4H2,1-2H3. The summed E-state index contributed by atoms with van der Waals surface area (Å²) in [5, 5.41) is -0.489. The molecule has 5 nitrogen and oxygen atoms in total. The molecule has 6 unspecified atom stereocenters. The molecule has 1 saturated heterocycles. The Labute approximate surface area is 115 Å². The Bertz CT molecular complexity index is 541. The molecule has 2 saturated carbocycles. The summed E-state index contributed by atoms with van der Waals surface area (Å²) >= 11 is 0. The summed E-state index contributed by atoms with van der Waals surface area (Å²) in [4.78, 5) is 11.1. The van der Waals surface area contributed by atoms with Crippen molar-refractivity contribution in [3.63, 3.8) is 0 Å². The summed E-state index contributed by atoms with van der Waals surface area (Å²) in [6.45, 7) is 2.10. The lowest BCUT2D eigenvalue weighted by molar-refractivity contribution is -0.172. The van der Waals surface area contributed by atoms with E-state index >= 15 is 0 Å². The zero-order valence-corrected chi connectivity index (χ0v) is 11.9. The summed E-state index contributed by atoms with van der Waals surface area (Å²) in [5.41, 5.74) is 0. The van der Waals surface area contributed by atoms with Gasteiger partial charge in [-0.2, -0.15) is 17.2 Å². The fourth-order valence-corrected chi connectivity index (χ4v) is 6.24. The van der Waals surface area contributed by atoms with Crippen LogP contribution in [0.4, 0.5) is 8.78 Å². The molecule has 8 heteroatoms. The second-order valence-corrected chi connectivity index (χ2v) is 7.81. The maximum absolute atomic E-state index is 12.8. The van der Waals surface area contributed by atoms with Crippen LogP contribution in [0.25, 0.3) is 0 Å². The van der Waals surface area contributed by atoms with Crippen LogP contribution < -0.4 is 0 Å². The molecular weight excluding hydrogens is 294 g/mol. The molecule has 0 aromatic heterocycles. The molecule has 0 amide bonds. The fraction of sp³-hybridized carbons (Fsp3) is 0.917. The highest BCUT2D eigenvalue weighted by molar-refractivity contribution is 7.87. The van der Waals surface area contributed by atoms with Gasteiger partial charge in [0, 0.05) is 18.8 Å². The van der Waals surface area contributed by atoms with Crippen LogP contribution in [0.3, 0.4) is 0 Å². The third-order valence-electron chi connectivity index (χ3n) is 4.90. The molecule has 2 bridgehead atoms. The quantitative estimate of drug-likeness (QED) is 0.578. The molecule has 0 radical (unpaired) electrons. The van der Waals surface area contributed by atoms with Gasteiger partial charge < -0.3 is 4.74 Å². The van der Waals surface area contributed by atoms with Gasteiger partial charge in [-0.15, -0.1) is 0 Å². The van der Waals surface area contributed by atoms with Gasteiger partial charge in [-0.05, 0) is 18.3 Å². The van der Waals surface area contributed by atoms with Crippen molar-refractivity contribution in [2.75, 3.05) is 6.61 Å². The van der Waals surface area contributed by atoms with E-state index in [0.29, 0.717) is 13.3 Å². The summed E-state index contributed by atoms with van der Waals surface area (Å²) in [6.07, 6.45) is 0.171. The number of carbonyl (C=O) groups is 1. The van der Waals surface area contributed by atoms with Crippen LogP contribution in [0.2, 0.25) is 0 Å². The molecule has 3 aliphatic rings. The lowest BCUT2D eigenvalue weighted by Crippen LogP contribution is -2.39. The van der Waals surface area contributed by atoms with Crippen LogP contribution >= 0.6 is 0 Å². The van der Waals surface area contributed by atoms with E-state index < -0.39 is 33.4 Å². The van der Waals surface area contributed by atoms with Gasteiger partial charge in [-0.25, -0.2) is 4.79 Å². The molecule has 6 atom stereocenters. The number of alkyl halides is 2. The number of rotatable bonds is 3. The zero-order chi connectivity index (χ0) is 14.9. The van der Waals surface area contributed by atoms with Crippen molar-refractivity contribution >= 4 is 16.1 Å². The highest BCUT2D eigenvalue weighted by Gasteiger charge is 2.67. The minimum absolute atomic E-state index is 0.0468. The highest BCUT2D eigenvalue weighted by atomic mass is 32.2. The number of hydrogen-bond donors (Lipinski definition) is 0. The first-order valence-corrected chi connectivity index (χ1v) is 8.07. The second-order valence-electron chi connectivity index (χ2n) is 6.09. The van der Waals surface area contributed by atoms with Crippen LogP contribution in [-0.2, 0) is 23.8 Å². The molecule has 0 spiro atoms. The van der Waals surface area contributed by atoms with E-state index in [-0.39, 0.29) is 30.3 Å². The number of ether oxygens (including phenoxy) is 1. The van der Waals surface area contributed by atoms with Crippen LogP contribution in [0, 0.1) is 23.7 Å². The number of esters is 1. The summed E-state index contributed by atoms with van der Waals surface area (Å²) in [6, 6.07) is 0. The van der Waals surface area contributed by atoms with Crippen molar-refractivity contribution in [1.29, 1.82) is 0 Å². The molecule has 0 aromatic rings. The molecule has 3 fully saturated rings. The van der Waals surface area contributed by atoms with E-state index in [1.165, 1.54) is 0 Å². The Kier molecular flexibility index (Phi) is 2.93. The van der Waals surface area contributed by atoms with Gasteiger partial charge in [0.2, 0.25) is 0 Å². The number of fused-ring (bicyclic) bond motifs is 1. The van der Waals surface area contributed by atoms with Gasteiger partial charge in [-0.1, -0.05) is 6.92 Å². The number of hydrogen-bond acceptors (Lipinski definition) is 5. The maximum atomic E-state index is 12.8. The first kappa shape index (κ1) is 14.2. The van der Waals surface area contributed by atoms with Gasteiger partial charge in [0.15, 0.2) is 0 Å².